The first-order valence-corrected chi connectivity index (χ1v) is 11.0. The van der Waals surface area contributed by atoms with Gasteiger partial charge in [0.1, 0.15) is 11.5 Å². The van der Waals surface area contributed by atoms with Gasteiger partial charge in [-0.25, -0.2) is 0 Å². The first kappa shape index (κ1) is 23.5. The number of carbonyl (C=O) groups is 2. The van der Waals surface area contributed by atoms with E-state index in [0.717, 1.165) is 28.9 Å². The first-order chi connectivity index (χ1) is 15.2. The summed E-state index contributed by atoms with van der Waals surface area (Å²) in [6.45, 7) is 7.58. The van der Waals surface area contributed by atoms with Crippen molar-refractivity contribution in [3.63, 3.8) is 0 Å². The normalized spacial score (nSPS) is 17.9. The van der Waals surface area contributed by atoms with E-state index in [4.69, 9.17) is 4.74 Å². The molecule has 0 aromatic heterocycles. The number of ether oxygens (including phenoxy) is 1. The Morgan fingerprint density at radius 2 is 1.75 bits per heavy atom. The van der Waals surface area contributed by atoms with Crippen LogP contribution in [0.5, 0.6) is 5.75 Å². The lowest BCUT2D eigenvalue weighted by atomic mass is 9.94. The second-order valence-corrected chi connectivity index (χ2v) is 8.51. The molecule has 0 saturated carbocycles. The van der Waals surface area contributed by atoms with Crippen LogP contribution in [0.2, 0.25) is 0 Å². The molecule has 3 rings (SSSR count). The molecule has 6 nitrogen and oxygen atoms in total. The van der Waals surface area contributed by atoms with Gasteiger partial charge in [-0.15, -0.1) is 0 Å². The molecule has 1 amide bonds. The summed E-state index contributed by atoms with van der Waals surface area (Å²) in [4.78, 5) is 29.5. The van der Waals surface area contributed by atoms with Crippen LogP contribution in [0, 0.1) is 13.8 Å². The third kappa shape index (κ3) is 4.86. The van der Waals surface area contributed by atoms with Crippen molar-refractivity contribution in [2.24, 2.45) is 0 Å². The Kier molecular flexibility index (Phi) is 7.36. The summed E-state index contributed by atoms with van der Waals surface area (Å²) in [5.74, 6) is -0.658. The molecule has 6 heteroatoms. The van der Waals surface area contributed by atoms with Gasteiger partial charge in [0.15, 0.2) is 0 Å². The van der Waals surface area contributed by atoms with Crippen LogP contribution in [0.25, 0.3) is 5.76 Å². The molecule has 2 aromatic rings. The van der Waals surface area contributed by atoms with Crippen LogP contribution in [0.3, 0.4) is 0 Å². The average Bonchev–Trinajstić information content (AvgIpc) is 3.02. The average molecular weight is 437 g/mol. The van der Waals surface area contributed by atoms with Crippen LogP contribution >= 0.6 is 0 Å². The number of nitrogens with zero attached hydrogens (tertiary/aromatic N) is 2. The van der Waals surface area contributed by atoms with E-state index in [1.165, 1.54) is 0 Å². The van der Waals surface area contributed by atoms with Crippen LogP contribution in [0.4, 0.5) is 0 Å². The van der Waals surface area contributed by atoms with Crippen molar-refractivity contribution >= 4 is 17.4 Å². The van der Waals surface area contributed by atoms with Crippen LogP contribution in [-0.2, 0) is 9.59 Å². The van der Waals surface area contributed by atoms with Gasteiger partial charge in [0.2, 0.25) is 0 Å². The number of amides is 1. The number of likely N-dealkylation sites (N-methyl/N-ethyl adjacent to an activating group) is 1. The number of aryl methyl sites for hydroxylation is 2. The van der Waals surface area contributed by atoms with Crippen molar-refractivity contribution in [1.29, 1.82) is 0 Å². The van der Waals surface area contributed by atoms with Gasteiger partial charge < -0.3 is 19.6 Å². The minimum atomic E-state index is -0.657. The molecule has 0 aliphatic carbocycles. The number of hydrogen-bond acceptors (Lipinski definition) is 5. The largest absolute Gasteiger partial charge is 0.507 e. The second kappa shape index (κ2) is 10.0. The van der Waals surface area contributed by atoms with Gasteiger partial charge in [0.05, 0.1) is 18.2 Å². The van der Waals surface area contributed by atoms with Crippen LogP contribution < -0.4 is 4.74 Å². The van der Waals surface area contributed by atoms with E-state index < -0.39 is 17.7 Å². The lowest BCUT2D eigenvalue weighted by Gasteiger charge is -2.26. The molecule has 2 aromatic carbocycles. The minimum absolute atomic E-state index is 0.124. The highest BCUT2D eigenvalue weighted by Gasteiger charge is 2.45. The van der Waals surface area contributed by atoms with Crippen molar-refractivity contribution < 1.29 is 19.4 Å². The highest BCUT2D eigenvalue weighted by atomic mass is 16.5. The minimum Gasteiger partial charge on any atom is -0.507 e. The van der Waals surface area contributed by atoms with Gasteiger partial charge in [0, 0.05) is 18.7 Å². The molecule has 0 radical (unpaired) electrons. The predicted octanol–water partition coefficient (Wildman–Crippen LogP) is 4.08. The summed E-state index contributed by atoms with van der Waals surface area (Å²) < 4.78 is 5.67. The fraction of sp³-hybridized carbons (Fsp3) is 0.385. The van der Waals surface area contributed by atoms with Crippen LogP contribution in [0.15, 0.2) is 48.0 Å². The molecule has 1 atom stereocenters. The fourth-order valence-corrected chi connectivity index (χ4v) is 3.78. The molecule has 170 valence electrons. The number of rotatable bonds is 8. The molecule has 0 spiro atoms. The fourth-order valence-electron chi connectivity index (χ4n) is 3.78. The number of ketones is 1. The molecule has 1 N–H and O–H groups in total. The highest BCUT2D eigenvalue weighted by molar-refractivity contribution is 6.46. The quantitative estimate of drug-likeness (QED) is 0.384. The Morgan fingerprint density at radius 3 is 2.34 bits per heavy atom. The zero-order valence-corrected chi connectivity index (χ0v) is 19.5. The number of aliphatic hydroxyl groups excluding tert-OH is 1. The molecule has 1 aliphatic heterocycles. The maximum Gasteiger partial charge on any atom is 0.295 e. The molecule has 1 saturated heterocycles. The maximum atomic E-state index is 13.1. The number of benzene rings is 2. The molecule has 32 heavy (non-hydrogen) atoms. The Balaban J connectivity index is 2.09. The Morgan fingerprint density at radius 1 is 1.06 bits per heavy atom. The third-order valence-corrected chi connectivity index (χ3v) is 5.78. The number of Topliss-reactive ketones (excluding diaryl/α,β-unsaturated/α-hetero) is 1. The van der Waals surface area contributed by atoms with Crippen LogP contribution in [0.1, 0.15) is 41.6 Å². The maximum absolute atomic E-state index is 13.1. The number of carbonyl (C=O) groups excluding carboxylic acids is 2. The summed E-state index contributed by atoms with van der Waals surface area (Å²) >= 11 is 0. The standard InChI is InChI=1S/C26H32N2O4/c1-6-15-32-21-11-9-19(10-12-21)23-22(24(29)20-8-7-17(2)18(3)16-20)25(30)26(31)28(23)14-13-27(4)5/h7-12,16,23,29H,6,13-15H2,1-5H3/b24-22-. The number of hydrogen-bond donors (Lipinski definition) is 1. The van der Waals surface area contributed by atoms with Crippen molar-refractivity contribution in [1.82, 2.24) is 9.80 Å². The van der Waals surface area contributed by atoms with Gasteiger partial charge >= 0.3 is 0 Å². The monoisotopic (exact) mass is 436 g/mol. The Labute approximate surface area is 190 Å². The lowest BCUT2D eigenvalue weighted by Crippen LogP contribution is -2.35. The van der Waals surface area contributed by atoms with Gasteiger partial charge in [-0.1, -0.05) is 31.2 Å². The van der Waals surface area contributed by atoms with Gasteiger partial charge in [-0.2, -0.15) is 0 Å². The van der Waals surface area contributed by atoms with E-state index in [9.17, 15) is 14.7 Å². The molecule has 1 unspecified atom stereocenters. The smallest absolute Gasteiger partial charge is 0.295 e. The van der Waals surface area contributed by atoms with Gasteiger partial charge in [0.25, 0.3) is 11.7 Å². The molecule has 1 aliphatic rings. The van der Waals surface area contributed by atoms with Crippen molar-refractivity contribution in [2.45, 2.75) is 33.2 Å². The molecule has 1 fully saturated rings. The summed E-state index contributed by atoms with van der Waals surface area (Å²) in [6.07, 6.45) is 0.905. The summed E-state index contributed by atoms with van der Waals surface area (Å²) in [5, 5.41) is 11.2. The summed E-state index contributed by atoms with van der Waals surface area (Å²) in [5.41, 5.74) is 3.51. The third-order valence-electron chi connectivity index (χ3n) is 5.78. The summed E-state index contributed by atoms with van der Waals surface area (Å²) in [7, 11) is 3.83. The Bertz CT molecular complexity index is 1020. The first-order valence-electron chi connectivity index (χ1n) is 11.0. The molecule has 0 bridgehead atoms. The van der Waals surface area contributed by atoms with E-state index in [1.807, 2.05) is 76.2 Å². The zero-order valence-electron chi connectivity index (χ0n) is 19.5. The van der Waals surface area contributed by atoms with E-state index in [2.05, 4.69) is 0 Å². The zero-order chi connectivity index (χ0) is 23.4. The van der Waals surface area contributed by atoms with E-state index in [1.54, 1.807) is 11.0 Å². The van der Waals surface area contributed by atoms with Gasteiger partial charge in [-0.05, 0) is 69.3 Å². The van der Waals surface area contributed by atoms with E-state index >= 15 is 0 Å². The van der Waals surface area contributed by atoms with Gasteiger partial charge in [-0.3, -0.25) is 9.59 Å². The van der Waals surface area contributed by atoms with Crippen molar-refractivity contribution in [2.75, 3.05) is 33.8 Å². The lowest BCUT2D eigenvalue weighted by molar-refractivity contribution is -0.140. The molecular weight excluding hydrogens is 404 g/mol. The van der Waals surface area contributed by atoms with E-state index in [0.29, 0.717) is 25.3 Å². The predicted molar refractivity (Wildman–Crippen MR) is 126 cm³/mol. The van der Waals surface area contributed by atoms with E-state index in [-0.39, 0.29) is 11.3 Å². The Hall–Kier alpha value is -3.12. The van der Waals surface area contributed by atoms with Crippen LogP contribution in [-0.4, -0.2) is 60.4 Å². The SMILES string of the molecule is CCCOc1ccc(C2/C(=C(/O)c3ccc(C)c(C)c3)C(=O)C(=O)N2CCN(C)C)cc1. The number of aliphatic hydroxyl groups is 1. The highest BCUT2D eigenvalue weighted by Crippen LogP contribution is 2.39. The molecule has 1 heterocycles. The topological polar surface area (TPSA) is 70.1 Å². The second-order valence-electron chi connectivity index (χ2n) is 8.51. The van der Waals surface area contributed by atoms with Crippen molar-refractivity contribution in [3.05, 3.63) is 70.3 Å². The van der Waals surface area contributed by atoms with Crippen molar-refractivity contribution in [3.8, 4) is 5.75 Å². The summed E-state index contributed by atoms with van der Waals surface area (Å²) in [6, 6.07) is 12.3. The number of likely N-dealkylation sites (tertiary alicyclic amines) is 1. The molecular formula is C26H32N2O4.